The van der Waals surface area contributed by atoms with Crippen LogP contribution < -0.4 is 9.64 Å². The van der Waals surface area contributed by atoms with Crippen LogP contribution >= 0.6 is 0 Å². The zero-order chi connectivity index (χ0) is 13.0. The molecular formula is C13H17F2NO2. The molecule has 1 aromatic carbocycles. The summed E-state index contributed by atoms with van der Waals surface area (Å²) in [5, 5.41) is 0. The van der Waals surface area contributed by atoms with Gasteiger partial charge in [0, 0.05) is 38.0 Å². The van der Waals surface area contributed by atoms with Crippen molar-refractivity contribution >= 4 is 5.69 Å². The minimum atomic E-state index is -0.659. The molecule has 0 amide bonds. The van der Waals surface area contributed by atoms with E-state index in [1.165, 1.54) is 19.2 Å². The number of ether oxygens (including phenoxy) is 2. The van der Waals surface area contributed by atoms with Gasteiger partial charge in [0.1, 0.15) is 6.61 Å². The third kappa shape index (κ3) is 2.90. The van der Waals surface area contributed by atoms with Crippen LogP contribution in [0.25, 0.3) is 0 Å². The summed E-state index contributed by atoms with van der Waals surface area (Å²) >= 11 is 0. The van der Waals surface area contributed by atoms with Gasteiger partial charge >= 0.3 is 0 Å². The Bertz CT molecular complexity index is 383. The van der Waals surface area contributed by atoms with E-state index in [-0.39, 0.29) is 12.4 Å². The Labute approximate surface area is 105 Å². The smallest absolute Gasteiger partial charge is 0.190 e. The van der Waals surface area contributed by atoms with Crippen LogP contribution in [0.2, 0.25) is 0 Å². The lowest BCUT2D eigenvalue weighted by atomic mass is 10.2. The largest absolute Gasteiger partial charge is 0.485 e. The molecule has 100 valence electrons. The van der Waals surface area contributed by atoms with Crippen molar-refractivity contribution in [1.29, 1.82) is 0 Å². The number of hydrogen-bond acceptors (Lipinski definition) is 3. The van der Waals surface area contributed by atoms with E-state index in [1.54, 1.807) is 0 Å². The van der Waals surface area contributed by atoms with Crippen LogP contribution in [-0.2, 0) is 4.74 Å². The molecule has 1 aliphatic heterocycles. The van der Waals surface area contributed by atoms with Gasteiger partial charge in [-0.1, -0.05) is 0 Å². The van der Waals surface area contributed by atoms with Gasteiger partial charge in [-0.05, 0) is 12.8 Å². The summed E-state index contributed by atoms with van der Waals surface area (Å²) < 4.78 is 37.3. The first-order valence-corrected chi connectivity index (χ1v) is 6.08. The highest BCUT2D eigenvalue weighted by Crippen LogP contribution is 2.29. The van der Waals surface area contributed by atoms with Crippen molar-refractivity contribution in [3.05, 3.63) is 23.8 Å². The lowest BCUT2D eigenvalue weighted by molar-refractivity contribution is 0.141. The summed E-state index contributed by atoms with van der Waals surface area (Å²) in [7, 11) is 1.51. The normalized spacial score (nSPS) is 15.2. The first-order chi connectivity index (χ1) is 8.72. The van der Waals surface area contributed by atoms with Gasteiger partial charge in [-0.25, -0.2) is 8.78 Å². The molecule has 0 aromatic heterocycles. The van der Waals surface area contributed by atoms with Crippen molar-refractivity contribution in [3.8, 4) is 5.75 Å². The Hall–Kier alpha value is -1.36. The summed E-state index contributed by atoms with van der Waals surface area (Å²) in [6.07, 6.45) is 2.13. The van der Waals surface area contributed by atoms with Crippen molar-refractivity contribution < 1.29 is 18.3 Å². The molecule has 0 N–H and O–H groups in total. The van der Waals surface area contributed by atoms with Gasteiger partial charge in [0.25, 0.3) is 0 Å². The molecule has 1 aliphatic rings. The maximum absolute atomic E-state index is 13.8. The first kappa shape index (κ1) is 13.1. The molecule has 3 nitrogen and oxygen atoms in total. The Morgan fingerprint density at radius 3 is 2.28 bits per heavy atom. The Morgan fingerprint density at radius 2 is 1.72 bits per heavy atom. The maximum atomic E-state index is 13.8. The van der Waals surface area contributed by atoms with Crippen LogP contribution in [-0.4, -0.2) is 33.4 Å². The fraction of sp³-hybridized carbons (Fsp3) is 0.538. The van der Waals surface area contributed by atoms with Crippen molar-refractivity contribution in [2.45, 2.75) is 12.8 Å². The Morgan fingerprint density at radius 1 is 1.11 bits per heavy atom. The average molecular weight is 257 g/mol. The number of nitrogens with zero attached hydrogens (tertiary/aromatic N) is 1. The first-order valence-electron chi connectivity index (χ1n) is 6.08. The molecule has 1 aromatic rings. The van der Waals surface area contributed by atoms with Crippen LogP contribution in [0.15, 0.2) is 12.1 Å². The second-order valence-electron chi connectivity index (χ2n) is 4.27. The molecule has 0 spiro atoms. The molecule has 0 bridgehead atoms. The molecule has 0 saturated carbocycles. The summed E-state index contributed by atoms with van der Waals surface area (Å²) in [6.45, 7) is 2.13. The third-order valence-corrected chi connectivity index (χ3v) is 2.99. The van der Waals surface area contributed by atoms with Crippen LogP contribution in [0.1, 0.15) is 12.8 Å². The summed E-state index contributed by atoms with van der Waals surface area (Å²) in [5.74, 6) is -1.64. The zero-order valence-electron chi connectivity index (χ0n) is 10.4. The molecule has 0 atom stereocenters. The lowest BCUT2D eigenvalue weighted by Crippen LogP contribution is -2.18. The molecule has 2 rings (SSSR count). The highest BCUT2D eigenvalue weighted by molar-refractivity contribution is 5.51. The number of benzene rings is 1. The predicted molar refractivity (Wildman–Crippen MR) is 65.2 cm³/mol. The van der Waals surface area contributed by atoms with Crippen LogP contribution in [0.3, 0.4) is 0 Å². The number of halogens is 2. The molecular weight excluding hydrogens is 240 g/mol. The van der Waals surface area contributed by atoms with Gasteiger partial charge in [-0.3, -0.25) is 0 Å². The summed E-state index contributed by atoms with van der Waals surface area (Å²) in [4.78, 5) is 1.98. The van der Waals surface area contributed by atoms with Gasteiger partial charge < -0.3 is 14.4 Å². The highest BCUT2D eigenvalue weighted by atomic mass is 19.1. The molecule has 1 saturated heterocycles. The molecule has 0 radical (unpaired) electrons. The van der Waals surface area contributed by atoms with E-state index in [0.717, 1.165) is 25.9 Å². The minimum Gasteiger partial charge on any atom is -0.485 e. The average Bonchev–Trinajstić information content (AvgIpc) is 2.86. The van der Waals surface area contributed by atoms with Crippen molar-refractivity contribution in [3.63, 3.8) is 0 Å². The Balaban J connectivity index is 2.12. The second kappa shape index (κ2) is 6.00. The molecule has 0 unspecified atom stereocenters. The fourth-order valence-electron chi connectivity index (χ4n) is 2.07. The van der Waals surface area contributed by atoms with Gasteiger partial charge in [0.05, 0.1) is 6.61 Å². The number of hydrogen-bond donors (Lipinski definition) is 0. The van der Waals surface area contributed by atoms with Gasteiger partial charge in [0.2, 0.25) is 0 Å². The highest BCUT2D eigenvalue weighted by Gasteiger charge is 2.18. The van der Waals surface area contributed by atoms with E-state index in [4.69, 9.17) is 9.47 Å². The predicted octanol–water partition coefficient (Wildman–Crippen LogP) is 2.59. The Kier molecular flexibility index (Phi) is 4.36. The zero-order valence-corrected chi connectivity index (χ0v) is 10.4. The topological polar surface area (TPSA) is 21.7 Å². The van der Waals surface area contributed by atoms with E-state index in [0.29, 0.717) is 12.3 Å². The standard InChI is InChI=1S/C13H17F2NO2/c1-17-6-7-18-13-11(14)8-10(9-12(13)15)16-4-2-3-5-16/h8-9H,2-7H2,1H3. The lowest BCUT2D eigenvalue weighted by Gasteiger charge is -2.18. The van der Waals surface area contributed by atoms with E-state index in [2.05, 4.69) is 0 Å². The van der Waals surface area contributed by atoms with E-state index in [1.807, 2.05) is 4.90 Å². The monoisotopic (exact) mass is 257 g/mol. The van der Waals surface area contributed by atoms with Crippen LogP contribution in [0, 0.1) is 11.6 Å². The van der Waals surface area contributed by atoms with Gasteiger partial charge in [-0.15, -0.1) is 0 Å². The molecule has 5 heteroatoms. The molecule has 18 heavy (non-hydrogen) atoms. The van der Waals surface area contributed by atoms with E-state index < -0.39 is 11.6 Å². The number of anilines is 1. The fourth-order valence-corrected chi connectivity index (χ4v) is 2.07. The van der Waals surface area contributed by atoms with Gasteiger partial charge in [-0.2, -0.15) is 0 Å². The van der Waals surface area contributed by atoms with Crippen molar-refractivity contribution in [2.24, 2.45) is 0 Å². The van der Waals surface area contributed by atoms with Crippen molar-refractivity contribution in [1.82, 2.24) is 0 Å². The second-order valence-corrected chi connectivity index (χ2v) is 4.27. The van der Waals surface area contributed by atoms with Gasteiger partial charge in [0.15, 0.2) is 17.4 Å². The quantitative estimate of drug-likeness (QED) is 0.757. The van der Waals surface area contributed by atoms with Crippen LogP contribution in [0.5, 0.6) is 5.75 Å². The molecule has 1 heterocycles. The van der Waals surface area contributed by atoms with Crippen LogP contribution in [0.4, 0.5) is 14.5 Å². The third-order valence-electron chi connectivity index (χ3n) is 2.99. The van der Waals surface area contributed by atoms with E-state index in [9.17, 15) is 8.78 Å². The number of methoxy groups -OCH3 is 1. The van der Waals surface area contributed by atoms with Crippen molar-refractivity contribution in [2.75, 3.05) is 38.3 Å². The molecule has 1 fully saturated rings. The summed E-state index contributed by atoms with van der Waals surface area (Å²) in [6, 6.07) is 2.66. The SMILES string of the molecule is COCCOc1c(F)cc(N2CCCC2)cc1F. The van der Waals surface area contributed by atoms with E-state index >= 15 is 0 Å². The number of rotatable bonds is 5. The molecule has 0 aliphatic carbocycles. The minimum absolute atomic E-state index is 0.132. The summed E-state index contributed by atoms with van der Waals surface area (Å²) in [5.41, 5.74) is 0.585. The maximum Gasteiger partial charge on any atom is 0.190 e.